The summed E-state index contributed by atoms with van der Waals surface area (Å²) in [7, 11) is 0. The molecule has 0 bridgehead atoms. The average molecular weight is 336 g/mol. The number of halogens is 1. The zero-order valence-corrected chi connectivity index (χ0v) is 15.1. The number of nitrogens with zero attached hydrogens (tertiary/aromatic N) is 1. The van der Waals surface area contributed by atoms with Crippen LogP contribution in [0.3, 0.4) is 0 Å². The van der Waals surface area contributed by atoms with Crippen LogP contribution in [-0.4, -0.2) is 35.7 Å². The summed E-state index contributed by atoms with van der Waals surface area (Å²) in [6.45, 7) is 9.16. The van der Waals surface area contributed by atoms with Gasteiger partial charge in [0, 0.05) is 25.2 Å². The highest BCUT2D eigenvalue weighted by Crippen LogP contribution is 2.21. The third-order valence-corrected chi connectivity index (χ3v) is 4.28. The number of carbonyl (C=O) groups excluding carboxylic acids is 1. The van der Waals surface area contributed by atoms with Gasteiger partial charge in [-0.15, -0.1) is 0 Å². The van der Waals surface area contributed by atoms with Crippen molar-refractivity contribution in [3.8, 4) is 0 Å². The van der Waals surface area contributed by atoms with Crippen LogP contribution in [0.15, 0.2) is 24.3 Å². The molecule has 0 radical (unpaired) electrons. The number of ether oxygens (including phenoxy) is 1. The molecular formula is C19H29FN2O2. The Morgan fingerprint density at radius 1 is 1.33 bits per heavy atom. The van der Waals surface area contributed by atoms with Gasteiger partial charge in [-0.3, -0.25) is 0 Å². The molecule has 1 aromatic carbocycles. The zero-order chi connectivity index (χ0) is 17.7. The highest BCUT2D eigenvalue weighted by Gasteiger charge is 2.30. The number of benzene rings is 1. The van der Waals surface area contributed by atoms with E-state index in [0.29, 0.717) is 6.54 Å². The fourth-order valence-corrected chi connectivity index (χ4v) is 2.96. The van der Waals surface area contributed by atoms with Crippen molar-refractivity contribution in [2.45, 2.75) is 64.6 Å². The molecule has 4 nitrogen and oxygen atoms in total. The van der Waals surface area contributed by atoms with Crippen molar-refractivity contribution in [2.75, 3.05) is 13.1 Å². The fourth-order valence-electron chi connectivity index (χ4n) is 2.96. The van der Waals surface area contributed by atoms with Crippen molar-refractivity contribution in [3.63, 3.8) is 0 Å². The summed E-state index contributed by atoms with van der Waals surface area (Å²) >= 11 is 0. The molecule has 134 valence electrons. The maximum atomic E-state index is 13.0. The summed E-state index contributed by atoms with van der Waals surface area (Å²) in [5, 5.41) is 3.46. The summed E-state index contributed by atoms with van der Waals surface area (Å²) < 4.78 is 18.6. The normalized spacial score (nSPS) is 19.9. The summed E-state index contributed by atoms with van der Waals surface area (Å²) in [6.07, 6.45) is 2.88. The summed E-state index contributed by atoms with van der Waals surface area (Å²) in [6, 6.07) is 6.77. The number of likely N-dealkylation sites (tertiary alicyclic amines) is 1. The fraction of sp³-hybridized carbons (Fsp3) is 0.632. The van der Waals surface area contributed by atoms with Crippen LogP contribution < -0.4 is 5.32 Å². The van der Waals surface area contributed by atoms with Gasteiger partial charge in [-0.1, -0.05) is 12.1 Å². The van der Waals surface area contributed by atoms with Crippen LogP contribution in [0.1, 0.15) is 58.6 Å². The van der Waals surface area contributed by atoms with Gasteiger partial charge in [0.25, 0.3) is 0 Å². The summed E-state index contributed by atoms with van der Waals surface area (Å²) in [5.41, 5.74) is 0.560. The second-order valence-corrected chi connectivity index (χ2v) is 7.50. The van der Waals surface area contributed by atoms with E-state index in [4.69, 9.17) is 4.74 Å². The minimum absolute atomic E-state index is 0.105. The van der Waals surface area contributed by atoms with Crippen molar-refractivity contribution in [2.24, 2.45) is 0 Å². The number of amides is 1. The highest BCUT2D eigenvalue weighted by molar-refractivity contribution is 5.68. The molecule has 1 aliphatic heterocycles. The first-order valence-corrected chi connectivity index (χ1v) is 8.75. The molecule has 1 amide bonds. The monoisotopic (exact) mass is 336 g/mol. The van der Waals surface area contributed by atoms with E-state index < -0.39 is 5.60 Å². The zero-order valence-electron chi connectivity index (χ0n) is 15.1. The lowest BCUT2D eigenvalue weighted by molar-refractivity contribution is 0.00970. The first-order chi connectivity index (χ1) is 11.3. The first-order valence-electron chi connectivity index (χ1n) is 8.75. The first kappa shape index (κ1) is 18.7. The quantitative estimate of drug-likeness (QED) is 0.893. The van der Waals surface area contributed by atoms with E-state index in [-0.39, 0.29) is 24.0 Å². The van der Waals surface area contributed by atoms with Gasteiger partial charge in [0.2, 0.25) is 0 Å². The number of nitrogens with one attached hydrogen (secondary N) is 1. The molecule has 5 heteroatoms. The van der Waals surface area contributed by atoms with Crippen LogP contribution in [-0.2, 0) is 4.74 Å². The molecule has 1 aliphatic rings. The van der Waals surface area contributed by atoms with Crippen LogP contribution in [0.25, 0.3) is 0 Å². The predicted molar refractivity (Wildman–Crippen MR) is 93.4 cm³/mol. The molecule has 0 aromatic heterocycles. The van der Waals surface area contributed by atoms with Gasteiger partial charge >= 0.3 is 6.09 Å². The number of piperidine rings is 1. The largest absolute Gasteiger partial charge is 0.444 e. The lowest BCUT2D eigenvalue weighted by Crippen LogP contribution is -2.50. The maximum Gasteiger partial charge on any atom is 0.410 e. The molecule has 1 unspecified atom stereocenters. The van der Waals surface area contributed by atoms with Crippen LogP contribution in [0, 0.1) is 5.82 Å². The lowest BCUT2D eigenvalue weighted by atomic mass is 10.0. The second kappa shape index (κ2) is 7.97. The molecule has 1 saturated heterocycles. The summed E-state index contributed by atoms with van der Waals surface area (Å²) in [4.78, 5) is 14.3. The van der Waals surface area contributed by atoms with Gasteiger partial charge in [0.15, 0.2) is 0 Å². The van der Waals surface area contributed by atoms with Gasteiger partial charge in [-0.25, -0.2) is 9.18 Å². The van der Waals surface area contributed by atoms with Crippen LogP contribution >= 0.6 is 0 Å². The standard InChI is InChI=1S/C19H29FN2O2/c1-14(15-8-10-16(20)11-9-15)21-13-17-7-5-6-12-22(17)18(23)24-19(2,3)4/h8-11,14,17,21H,5-7,12-13H2,1-4H3/t14-,17?/m0/s1. The summed E-state index contributed by atoms with van der Waals surface area (Å²) in [5.74, 6) is -0.227. The number of hydrogen-bond acceptors (Lipinski definition) is 3. The molecule has 0 spiro atoms. The van der Waals surface area contributed by atoms with E-state index in [2.05, 4.69) is 5.32 Å². The molecule has 0 aliphatic carbocycles. The minimum Gasteiger partial charge on any atom is -0.444 e. The number of rotatable bonds is 4. The average Bonchev–Trinajstić information content (AvgIpc) is 2.52. The number of hydrogen-bond donors (Lipinski definition) is 1. The van der Waals surface area contributed by atoms with E-state index in [1.165, 1.54) is 12.1 Å². The molecule has 2 rings (SSSR count). The van der Waals surface area contributed by atoms with E-state index >= 15 is 0 Å². The van der Waals surface area contributed by atoms with Gasteiger partial charge < -0.3 is 15.0 Å². The molecule has 1 heterocycles. The topological polar surface area (TPSA) is 41.6 Å². The Bertz CT molecular complexity index is 539. The Balaban J connectivity index is 1.93. The van der Waals surface area contributed by atoms with Crippen molar-refractivity contribution in [1.29, 1.82) is 0 Å². The SMILES string of the molecule is C[C@H](NCC1CCCCN1C(=O)OC(C)(C)C)c1ccc(F)cc1. The molecule has 1 fully saturated rings. The van der Waals surface area contributed by atoms with Gasteiger partial charge in [0.1, 0.15) is 11.4 Å². The van der Waals surface area contributed by atoms with E-state index in [0.717, 1.165) is 31.4 Å². The molecular weight excluding hydrogens is 307 g/mol. The molecule has 24 heavy (non-hydrogen) atoms. The number of carbonyl (C=O) groups is 1. The van der Waals surface area contributed by atoms with Crippen molar-refractivity contribution in [3.05, 3.63) is 35.6 Å². The smallest absolute Gasteiger partial charge is 0.410 e. The van der Waals surface area contributed by atoms with E-state index in [1.54, 1.807) is 12.1 Å². The minimum atomic E-state index is -0.478. The Labute approximate surface area is 144 Å². The van der Waals surface area contributed by atoms with E-state index in [9.17, 15) is 9.18 Å². The van der Waals surface area contributed by atoms with Gasteiger partial charge in [0.05, 0.1) is 0 Å². The third-order valence-electron chi connectivity index (χ3n) is 4.28. The van der Waals surface area contributed by atoms with Crippen molar-refractivity contribution < 1.29 is 13.9 Å². The maximum absolute atomic E-state index is 13.0. The third kappa shape index (κ3) is 5.48. The molecule has 1 aromatic rings. The molecule has 2 atom stereocenters. The predicted octanol–water partition coefficient (Wildman–Crippen LogP) is 4.27. The van der Waals surface area contributed by atoms with Crippen LogP contribution in [0.5, 0.6) is 0 Å². The van der Waals surface area contributed by atoms with Crippen LogP contribution in [0.4, 0.5) is 9.18 Å². The molecule has 0 saturated carbocycles. The van der Waals surface area contributed by atoms with Gasteiger partial charge in [-0.05, 0) is 64.7 Å². The van der Waals surface area contributed by atoms with E-state index in [1.807, 2.05) is 32.6 Å². The highest BCUT2D eigenvalue weighted by atomic mass is 19.1. The molecule has 1 N–H and O–H groups in total. The van der Waals surface area contributed by atoms with Crippen molar-refractivity contribution in [1.82, 2.24) is 10.2 Å². The van der Waals surface area contributed by atoms with Crippen molar-refractivity contribution >= 4 is 6.09 Å². The second-order valence-electron chi connectivity index (χ2n) is 7.50. The van der Waals surface area contributed by atoms with Crippen LogP contribution in [0.2, 0.25) is 0 Å². The Morgan fingerprint density at radius 3 is 2.62 bits per heavy atom. The Hall–Kier alpha value is -1.62. The Morgan fingerprint density at radius 2 is 2.00 bits per heavy atom. The Kier molecular flexibility index (Phi) is 6.21. The van der Waals surface area contributed by atoms with Gasteiger partial charge in [-0.2, -0.15) is 0 Å². The lowest BCUT2D eigenvalue weighted by Gasteiger charge is -2.37.